The molecule has 28 heavy (non-hydrogen) atoms. The number of H-pyrrole nitrogens is 2. The van der Waals surface area contributed by atoms with Crippen LogP contribution < -0.4 is 16.2 Å². The lowest BCUT2D eigenvalue weighted by molar-refractivity contribution is -0.125. The van der Waals surface area contributed by atoms with Crippen molar-refractivity contribution in [1.82, 2.24) is 20.3 Å². The predicted octanol–water partition coefficient (Wildman–Crippen LogP) is 2.58. The van der Waals surface area contributed by atoms with E-state index < -0.39 is 0 Å². The fourth-order valence-corrected chi connectivity index (χ4v) is 3.96. The molecule has 146 valence electrons. The van der Waals surface area contributed by atoms with E-state index >= 15 is 0 Å². The molecule has 1 amide bonds. The average Bonchev–Trinajstić information content (AvgIpc) is 3.12. The first-order valence-electron chi connectivity index (χ1n) is 9.83. The molecule has 2 aromatic heterocycles. The number of carbonyl (C=O) groups excluding carboxylic acids is 1. The number of amides is 1. The number of aromatic nitrogens is 3. The van der Waals surface area contributed by atoms with Crippen molar-refractivity contribution >= 4 is 22.6 Å². The van der Waals surface area contributed by atoms with E-state index in [0.29, 0.717) is 12.4 Å². The number of nitrogens with one attached hydrogen (secondary N) is 4. The van der Waals surface area contributed by atoms with Gasteiger partial charge in [-0.3, -0.25) is 9.59 Å². The highest BCUT2D eigenvalue weighted by Crippen LogP contribution is 2.26. The molecule has 0 bridgehead atoms. The number of benzene rings is 1. The zero-order valence-electron chi connectivity index (χ0n) is 15.7. The van der Waals surface area contributed by atoms with E-state index in [-0.39, 0.29) is 23.4 Å². The summed E-state index contributed by atoms with van der Waals surface area (Å²) in [6.45, 7) is 0.648. The second-order valence-electron chi connectivity index (χ2n) is 7.39. The van der Waals surface area contributed by atoms with Crippen LogP contribution in [0.25, 0.3) is 10.9 Å². The van der Waals surface area contributed by atoms with E-state index in [1.54, 1.807) is 0 Å². The van der Waals surface area contributed by atoms with E-state index in [1.165, 1.54) is 23.3 Å². The van der Waals surface area contributed by atoms with Crippen molar-refractivity contribution < 1.29 is 4.79 Å². The molecule has 3 aromatic rings. The minimum Gasteiger partial charge on any atom is -0.367 e. The van der Waals surface area contributed by atoms with Gasteiger partial charge >= 0.3 is 0 Å². The number of aromatic amines is 2. The fraction of sp³-hybridized carbons (Fsp3) is 0.381. The van der Waals surface area contributed by atoms with Crippen LogP contribution in [0.2, 0.25) is 0 Å². The normalized spacial score (nSPS) is 19.4. The monoisotopic (exact) mass is 379 g/mol. The highest BCUT2D eigenvalue weighted by molar-refractivity contribution is 5.83. The molecular formula is C21H25N5O2. The number of hydrogen-bond acceptors (Lipinski definition) is 4. The molecule has 1 saturated carbocycles. The highest BCUT2D eigenvalue weighted by Gasteiger charge is 2.26. The van der Waals surface area contributed by atoms with Crippen molar-refractivity contribution in [2.24, 2.45) is 5.92 Å². The molecule has 7 heteroatoms. The van der Waals surface area contributed by atoms with Gasteiger partial charge in [0.2, 0.25) is 5.91 Å². The maximum atomic E-state index is 12.5. The van der Waals surface area contributed by atoms with Gasteiger partial charge in [0.05, 0.1) is 6.33 Å². The quantitative estimate of drug-likeness (QED) is 0.528. The molecule has 1 aliphatic carbocycles. The molecule has 0 unspecified atom stereocenters. The lowest BCUT2D eigenvalue weighted by atomic mass is 9.85. The second-order valence-corrected chi connectivity index (χ2v) is 7.39. The number of nitrogens with zero attached hydrogens (tertiary/aromatic N) is 1. The van der Waals surface area contributed by atoms with Gasteiger partial charge < -0.3 is 20.6 Å². The number of rotatable bonds is 6. The summed E-state index contributed by atoms with van der Waals surface area (Å²) in [6, 6.07) is 9.93. The maximum Gasteiger partial charge on any atom is 0.252 e. The molecule has 1 aliphatic rings. The second kappa shape index (κ2) is 8.29. The van der Waals surface area contributed by atoms with Crippen molar-refractivity contribution in [3.63, 3.8) is 0 Å². The van der Waals surface area contributed by atoms with Crippen LogP contribution in [0.4, 0.5) is 5.82 Å². The van der Waals surface area contributed by atoms with Crippen LogP contribution in [0.3, 0.4) is 0 Å². The third kappa shape index (κ3) is 4.24. The standard InChI is InChI=1S/C21H25N5O2/c27-20-11-19(24-13-25-20)26-16-7-5-14(6-8-16)21(28)22-10-9-15-12-23-18-4-2-1-3-17(15)18/h1-4,11-14,16,23H,5-10H2,(H,22,28)(H2,24,25,26,27). The zero-order valence-corrected chi connectivity index (χ0v) is 15.7. The average molecular weight is 379 g/mol. The van der Waals surface area contributed by atoms with E-state index in [1.807, 2.05) is 18.3 Å². The van der Waals surface area contributed by atoms with Crippen molar-refractivity contribution in [2.75, 3.05) is 11.9 Å². The Kier molecular flexibility index (Phi) is 5.41. The minimum absolute atomic E-state index is 0.0631. The third-order valence-corrected chi connectivity index (χ3v) is 5.50. The van der Waals surface area contributed by atoms with E-state index in [2.05, 4.69) is 37.7 Å². The summed E-state index contributed by atoms with van der Waals surface area (Å²) in [7, 11) is 0. The summed E-state index contributed by atoms with van der Waals surface area (Å²) in [5.74, 6) is 0.802. The van der Waals surface area contributed by atoms with Crippen molar-refractivity contribution in [3.8, 4) is 0 Å². The number of hydrogen-bond donors (Lipinski definition) is 4. The molecule has 0 aliphatic heterocycles. The topological polar surface area (TPSA) is 103 Å². The number of carbonyl (C=O) groups is 1. The van der Waals surface area contributed by atoms with Gasteiger partial charge in [0.25, 0.3) is 5.56 Å². The Balaban J connectivity index is 1.22. The molecule has 4 N–H and O–H groups in total. The first-order valence-corrected chi connectivity index (χ1v) is 9.83. The summed E-state index contributed by atoms with van der Waals surface area (Å²) in [5.41, 5.74) is 2.19. The summed E-state index contributed by atoms with van der Waals surface area (Å²) < 4.78 is 0. The zero-order chi connectivity index (χ0) is 19.3. The SMILES string of the molecule is O=C(NCCc1c[nH]c2ccccc12)C1CCC(Nc2cc(=O)[nH]cn2)CC1. The Morgan fingerprint density at radius 2 is 1.96 bits per heavy atom. The Bertz CT molecular complexity index is 1000. The Morgan fingerprint density at radius 1 is 1.14 bits per heavy atom. The summed E-state index contributed by atoms with van der Waals surface area (Å²) in [5, 5.41) is 7.61. The highest BCUT2D eigenvalue weighted by atomic mass is 16.1. The number of para-hydroxylation sites is 1. The number of anilines is 1. The van der Waals surface area contributed by atoms with Crippen LogP contribution >= 0.6 is 0 Å². The van der Waals surface area contributed by atoms with Gasteiger partial charge in [-0.05, 0) is 43.7 Å². The summed E-state index contributed by atoms with van der Waals surface area (Å²) in [4.78, 5) is 33.7. The first kappa shape index (κ1) is 18.3. The Morgan fingerprint density at radius 3 is 2.79 bits per heavy atom. The van der Waals surface area contributed by atoms with Crippen molar-refractivity contribution in [1.29, 1.82) is 0 Å². The van der Waals surface area contributed by atoms with Gasteiger partial charge in [-0.2, -0.15) is 0 Å². The van der Waals surface area contributed by atoms with Crippen LogP contribution in [0, 0.1) is 5.92 Å². The van der Waals surface area contributed by atoms with Gasteiger partial charge in [-0.25, -0.2) is 4.98 Å². The Labute approximate surface area is 163 Å². The smallest absolute Gasteiger partial charge is 0.252 e. The van der Waals surface area contributed by atoms with Gasteiger partial charge in [-0.15, -0.1) is 0 Å². The van der Waals surface area contributed by atoms with Gasteiger partial charge in [0.1, 0.15) is 5.82 Å². The summed E-state index contributed by atoms with van der Waals surface area (Å²) in [6.07, 6.45) is 7.73. The van der Waals surface area contributed by atoms with Gasteiger partial charge in [0.15, 0.2) is 0 Å². The Hall–Kier alpha value is -3.09. The molecule has 1 fully saturated rings. The lowest BCUT2D eigenvalue weighted by Gasteiger charge is -2.28. The van der Waals surface area contributed by atoms with Gasteiger partial charge in [0, 0.05) is 41.7 Å². The van der Waals surface area contributed by atoms with Crippen LogP contribution in [-0.4, -0.2) is 33.4 Å². The molecule has 0 atom stereocenters. The van der Waals surface area contributed by atoms with Crippen LogP contribution in [0.5, 0.6) is 0 Å². The van der Waals surface area contributed by atoms with Crippen molar-refractivity contribution in [2.45, 2.75) is 38.1 Å². The van der Waals surface area contributed by atoms with E-state index in [0.717, 1.165) is 37.6 Å². The molecule has 1 aromatic carbocycles. The first-order chi connectivity index (χ1) is 13.7. The van der Waals surface area contributed by atoms with Gasteiger partial charge in [-0.1, -0.05) is 18.2 Å². The van der Waals surface area contributed by atoms with Crippen molar-refractivity contribution in [3.05, 3.63) is 58.8 Å². The maximum absolute atomic E-state index is 12.5. The van der Waals surface area contributed by atoms with Crippen LogP contribution in [0.15, 0.2) is 47.7 Å². The number of fused-ring (bicyclic) bond motifs is 1. The van der Waals surface area contributed by atoms with E-state index in [9.17, 15) is 9.59 Å². The van der Waals surface area contributed by atoms with Crippen LogP contribution in [-0.2, 0) is 11.2 Å². The molecular weight excluding hydrogens is 354 g/mol. The molecule has 0 spiro atoms. The molecule has 0 radical (unpaired) electrons. The fourth-order valence-electron chi connectivity index (χ4n) is 3.96. The van der Waals surface area contributed by atoms with E-state index in [4.69, 9.17) is 0 Å². The van der Waals surface area contributed by atoms with Crippen LogP contribution in [0.1, 0.15) is 31.2 Å². The third-order valence-electron chi connectivity index (χ3n) is 5.50. The largest absolute Gasteiger partial charge is 0.367 e. The molecule has 2 heterocycles. The summed E-state index contributed by atoms with van der Waals surface area (Å²) >= 11 is 0. The minimum atomic E-state index is -0.166. The molecule has 7 nitrogen and oxygen atoms in total. The lowest BCUT2D eigenvalue weighted by Crippen LogP contribution is -2.36. The molecule has 0 saturated heterocycles. The molecule has 4 rings (SSSR count). The predicted molar refractivity (Wildman–Crippen MR) is 109 cm³/mol.